The Kier molecular flexibility index (Phi) is 4.02. The maximum atomic E-state index is 12.6. The highest BCUT2D eigenvalue weighted by Crippen LogP contribution is 2.34. The van der Waals surface area contributed by atoms with E-state index in [9.17, 15) is 4.79 Å². The van der Waals surface area contributed by atoms with Crippen LogP contribution in [0.1, 0.15) is 32.8 Å². The molecule has 1 saturated heterocycles. The molecule has 1 heterocycles. The van der Waals surface area contributed by atoms with Gasteiger partial charge in [0.15, 0.2) is 0 Å². The van der Waals surface area contributed by atoms with E-state index in [1.165, 1.54) is 0 Å². The molecule has 0 saturated carbocycles. The molecule has 19 heavy (non-hydrogen) atoms. The van der Waals surface area contributed by atoms with Crippen molar-refractivity contribution in [2.75, 3.05) is 13.1 Å². The average molecular weight is 326 g/mol. The van der Waals surface area contributed by atoms with E-state index in [-0.39, 0.29) is 5.97 Å². The lowest BCUT2D eigenvalue weighted by molar-refractivity contribution is -0.161. The zero-order valence-corrected chi connectivity index (χ0v) is 13.2. The number of hydrogen-bond donors (Lipinski definition) is 1. The van der Waals surface area contributed by atoms with E-state index in [4.69, 9.17) is 4.74 Å². The van der Waals surface area contributed by atoms with Crippen LogP contribution >= 0.6 is 15.9 Å². The normalized spacial score (nSPS) is 23.4. The zero-order valence-electron chi connectivity index (χ0n) is 11.6. The van der Waals surface area contributed by atoms with Crippen molar-refractivity contribution in [1.82, 2.24) is 5.32 Å². The van der Waals surface area contributed by atoms with E-state index in [2.05, 4.69) is 21.2 Å². The van der Waals surface area contributed by atoms with Gasteiger partial charge in [0.25, 0.3) is 0 Å². The van der Waals surface area contributed by atoms with E-state index in [0.717, 1.165) is 23.0 Å². The second-order valence-electron chi connectivity index (χ2n) is 6.02. The van der Waals surface area contributed by atoms with Gasteiger partial charge >= 0.3 is 5.97 Å². The van der Waals surface area contributed by atoms with Gasteiger partial charge in [-0.1, -0.05) is 28.1 Å². The summed E-state index contributed by atoms with van der Waals surface area (Å²) in [5.41, 5.74) is -0.00318. The minimum atomic E-state index is -0.558. The summed E-state index contributed by atoms with van der Waals surface area (Å²) in [6.07, 6.45) is 0.776. The third-order valence-electron chi connectivity index (χ3n) is 3.32. The first-order valence-corrected chi connectivity index (χ1v) is 7.33. The molecule has 1 unspecified atom stereocenters. The second-order valence-corrected chi connectivity index (χ2v) is 6.94. The van der Waals surface area contributed by atoms with Crippen molar-refractivity contribution in [2.24, 2.45) is 0 Å². The molecule has 4 heteroatoms. The molecule has 0 spiro atoms. The van der Waals surface area contributed by atoms with Crippen LogP contribution in [-0.4, -0.2) is 24.7 Å². The van der Waals surface area contributed by atoms with Gasteiger partial charge in [-0.3, -0.25) is 4.79 Å². The van der Waals surface area contributed by atoms with Crippen LogP contribution in [0.4, 0.5) is 0 Å². The van der Waals surface area contributed by atoms with Crippen LogP contribution in [0, 0.1) is 0 Å². The summed E-state index contributed by atoms with van der Waals surface area (Å²) >= 11 is 3.47. The van der Waals surface area contributed by atoms with Crippen LogP contribution in [0.5, 0.6) is 0 Å². The number of benzene rings is 1. The molecule has 3 nitrogen and oxygen atoms in total. The number of rotatable bonds is 2. The maximum absolute atomic E-state index is 12.6. The summed E-state index contributed by atoms with van der Waals surface area (Å²) in [6, 6.07) is 7.94. The Balaban J connectivity index is 2.36. The van der Waals surface area contributed by atoms with Gasteiger partial charge < -0.3 is 10.1 Å². The molecule has 1 aromatic carbocycles. The summed E-state index contributed by atoms with van der Waals surface area (Å²) in [4.78, 5) is 12.6. The Morgan fingerprint density at radius 1 is 1.42 bits per heavy atom. The molecule has 0 aliphatic carbocycles. The molecule has 1 aliphatic heterocycles. The quantitative estimate of drug-likeness (QED) is 0.849. The first kappa shape index (κ1) is 14.5. The Hall–Kier alpha value is -0.870. The predicted octanol–water partition coefficient (Wildman–Crippen LogP) is 3.02. The minimum Gasteiger partial charge on any atom is -0.459 e. The second kappa shape index (κ2) is 5.25. The molecule has 0 amide bonds. The Labute approximate surface area is 122 Å². The van der Waals surface area contributed by atoms with Crippen molar-refractivity contribution >= 4 is 21.9 Å². The lowest BCUT2D eigenvalue weighted by Crippen LogP contribution is -2.42. The van der Waals surface area contributed by atoms with Gasteiger partial charge in [0.05, 0.1) is 0 Å². The molecule has 1 atom stereocenters. The van der Waals surface area contributed by atoms with Crippen molar-refractivity contribution in [3.8, 4) is 0 Å². The van der Waals surface area contributed by atoms with Crippen LogP contribution < -0.4 is 5.32 Å². The van der Waals surface area contributed by atoms with Gasteiger partial charge in [0, 0.05) is 11.0 Å². The van der Waals surface area contributed by atoms with Crippen molar-refractivity contribution < 1.29 is 9.53 Å². The number of esters is 1. The number of carbonyl (C=O) groups is 1. The highest BCUT2D eigenvalue weighted by molar-refractivity contribution is 9.10. The maximum Gasteiger partial charge on any atom is 0.318 e. The molecular formula is C15H20BrNO2. The predicted molar refractivity (Wildman–Crippen MR) is 79.2 cm³/mol. The molecule has 2 rings (SSSR count). The number of hydrogen-bond acceptors (Lipinski definition) is 3. The van der Waals surface area contributed by atoms with Gasteiger partial charge in [0.2, 0.25) is 0 Å². The third-order valence-corrected chi connectivity index (χ3v) is 3.82. The largest absolute Gasteiger partial charge is 0.459 e. The van der Waals surface area contributed by atoms with E-state index in [0.29, 0.717) is 6.54 Å². The van der Waals surface area contributed by atoms with Crippen LogP contribution in [0.3, 0.4) is 0 Å². The highest BCUT2D eigenvalue weighted by Gasteiger charge is 2.45. The standard InChI is InChI=1S/C15H20BrNO2/c1-14(2,3)19-13(18)15(7-8-17-10-15)11-5-4-6-12(16)9-11/h4-6,9,17H,7-8,10H2,1-3H3. The molecule has 1 aliphatic rings. The van der Waals surface area contributed by atoms with E-state index < -0.39 is 11.0 Å². The third kappa shape index (κ3) is 3.18. The summed E-state index contributed by atoms with van der Waals surface area (Å²) in [6.45, 7) is 7.19. The molecule has 0 aromatic heterocycles. The smallest absolute Gasteiger partial charge is 0.318 e. The summed E-state index contributed by atoms with van der Waals surface area (Å²) < 4.78 is 6.61. The van der Waals surface area contributed by atoms with E-state index in [1.54, 1.807) is 0 Å². The van der Waals surface area contributed by atoms with Crippen molar-refractivity contribution in [3.05, 3.63) is 34.3 Å². The van der Waals surface area contributed by atoms with Gasteiger partial charge in [-0.25, -0.2) is 0 Å². The fourth-order valence-electron chi connectivity index (χ4n) is 2.39. The lowest BCUT2D eigenvalue weighted by Gasteiger charge is -2.31. The molecule has 0 radical (unpaired) electrons. The number of ether oxygens (including phenoxy) is 1. The number of carbonyl (C=O) groups excluding carboxylic acids is 1. The monoisotopic (exact) mass is 325 g/mol. The van der Waals surface area contributed by atoms with Crippen LogP contribution in [0.25, 0.3) is 0 Å². The van der Waals surface area contributed by atoms with Crippen LogP contribution in [-0.2, 0) is 14.9 Å². The number of halogens is 1. The summed E-state index contributed by atoms with van der Waals surface area (Å²) in [5.74, 6) is -0.136. The van der Waals surface area contributed by atoms with Crippen molar-refractivity contribution in [3.63, 3.8) is 0 Å². The van der Waals surface area contributed by atoms with Gasteiger partial charge in [-0.2, -0.15) is 0 Å². The van der Waals surface area contributed by atoms with Gasteiger partial charge in [-0.05, 0) is 51.4 Å². The van der Waals surface area contributed by atoms with Crippen molar-refractivity contribution in [2.45, 2.75) is 38.2 Å². The summed E-state index contributed by atoms with van der Waals surface area (Å²) in [7, 11) is 0. The van der Waals surface area contributed by atoms with E-state index in [1.807, 2.05) is 45.0 Å². The average Bonchev–Trinajstić information content (AvgIpc) is 2.76. The lowest BCUT2D eigenvalue weighted by atomic mass is 9.79. The topological polar surface area (TPSA) is 38.3 Å². The fourth-order valence-corrected chi connectivity index (χ4v) is 2.79. The first-order chi connectivity index (χ1) is 8.83. The van der Waals surface area contributed by atoms with Crippen molar-refractivity contribution in [1.29, 1.82) is 0 Å². The molecule has 1 N–H and O–H groups in total. The molecule has 1 aromatic rings. The zero-order chi connectivity index (χ0) is 14.1. The SMILES string of the molecule is CC(C)(C)OC(=O)C1(c2cccc(Br)c2)CCNC1. The Bertz CT molecular complexity index is 473. The minimum absolute atomic E-state index is 0.136. The fraction of sp³-hybridized carbons (Fsp3) is 0.533. The summed E-state index contributed by atoms with van der Waals surface area (Å²) in [5, 5.41) is 3.28. The highest BCUT2D eigenvalue weighted by atomic mass is 79.9. The van der Waals surface area contributed by atoms with Gasteiger partial charge in [-0.15, -0.1) is 0 Å². The van der Waals surface area contributed by atoms with Crippen LogP contribution in [0.2, 0.25) is 0 Å². The Morgan fingerprint density at radius 2 is 2.16 bits per heavy atom. The van der Waals surface area contributed by atoms with E-state index >= 15 is 0 Å². The molecular weight excluding hydrogens is 306 g/mol. The molecule has 0 bridgehead atoms. The van der Waals surface area contributed by atoms with Crippen LogP contribution in [0.15, 0.2) is 28.7 Å². The molecule has 1 fully saturated rings. The first-order valence-electron chi connectivity index (χ1n) is 6.54. The Morgan fingerprint density at radius 3 is 2.68 bits per heavy atom. The number of nitrogens with one attached hydrogen (secondary N) is 1. The molecule has 104 valence electrons. The van der Waals surface area contributed by atoms with Gasteiger partial charge in [0.1, 0.15) is 11.0 Å².